The second-order valence-electron chi connectivity index (χ2n) is 4.03. The first-order valence-electron chi connectivity index (χ1n) is 4.93. The molecule has 0 atom stereocenters. The number of hydrogen-bond acceptors (Lipinski definition) is 2. The lowest BCUT2D eigenvalue weighted by atomic mass is 10.2. The summed E-state index contributed by atoms with van der Waals surface area (Å²) >= 11 is 1.85. The van der Waals surface area contributed by atoms with Crippen LogP contribution < -0.4 is 5.32 Å². The van der Waals surface area contributed by atoms with E-state index in [1.54, 1.807) is 0 Å². The number of nitrogens with one attached hydrogen (secondary N) is 1. The highest BCUT2D eigenvalue weighted by Gasteiger charge is 2.15. The molecule has 0 aliphatic rings. The Morgan fingerprint density at radius 2 is 1.93 bits per heavy atom. The van der Waals surface area contributed by atoms with Crippen LogP contribution in [0, 0.1) is 0 Å². The maximum atomic E-state index is 4.57. The summed E-state index contributed by atoms with van der Waals surface area (Å²) in [7, 11) is 4.02. The molecule has 0 spiro atoms. The molecule has 0 bridgehead atoms. The van der Waals surface area contributed by atoms with Crippen molar-refractivity contribution in [2.24, 2.45) is 4.99 Å². The average Bonchev–Trinajstić information content (AvgIpc) is 2.12. The van der Waals surface area contributed by atoms with E-state index in [1.165, 1.54) is 0 Å². The monoisotopic (exact) mass is 345 g/mol. The molecule has 0 saturated carbocycles. The topological polar surface area (TPSA) is 27.6 Å². The van der Waals surface area contributed by atoms with Crippen LogP contribution in [0.3, 0.4) is 0 Å². The van der Waals surface area contributed by atoms with Gasteiger partial charge in [-0.15, -0.1) is 24.0 Å². The Balaban J connectivity index is 0. The third-order valence-corrected chi connectivity index (χ3v) is 3.15. The van der Waals surface area contributed by atoms with E-state index < -0.39 is 0 Å². The lowest BCUT2D eigenvalue weighted by Crippen LogP contribution is -2.37. The Hall–Kier alpha value is 0.350. The number of rotatable bonds is 4. The summed E-state index contributed by atoms with van der Waals surface area (Å²) in [5.41, 5.74) is 0. The van der Waals surface area contributed by atoms with Gasteiger partial charge in [0, 0.05) is 25.4 Å². The summed E-state index contributed by atoms with van der Waals surface area (Å²) in [5.74, 6) is 0.967. The molecule has 0 aliphatic heterocycles. The molecule has 0 aromatic heterocycles. The molecule has 0 rings (SSSR count). The summed E-state index contributed by atoms with van der Waals surface area (Å²) < 4.78 is 0.219. The minimum atomic E-state index is 0. The van der Waals surface area contributed by atoms with Gasteiger partial charge in [0.25, 0.3) is 0 Å². The molecule has 0 heterocycles. The summed E-state index contributed by atoms with van der Waals surface area (Å²) in [6.45, 7) is 8.25. The van der Waals surface area contributed by atoms with Gasteiger partial charge in [-0.3, -0.25) is 4.99 Å². The fraction of sp³-hybridized carbons (Fsp3) is 0.900. The van der Waals surface area contributed by atoms with Crippen molar-refractivity contribution in [3.05, 3.63) is 0 Å². The van der Waals surface area contributed by atoms with Crippen LogP contribution in [0.2, 0.25) is 0 Å². The van der Waals surface area contributed by atoms with Crippen LogP contribution >= 0.6 is 35.7 Å². The fourth-order valence-electron chi connectivity index (χ4n) is 0.843. The molecule has 0 amide bonds. The number of nitrogens with zero attached hydrogens (tertiary/aromatic N) is 2. The molecular formula is C10H24IN3S. The lowest BCUT2D eigenvalue weighted by Gasteiger charge is -2.22. The van der Waals surface area contributed by atoms with Crippen molar-refractivity contribution in [3.63, 3.8) is 0 Å². The second kappa shape index (κ2) is 8.50. The van der Waals surface area contributed by atoms with Gasteiger partial charge in [0.1, 0.15) is 0 Å². The predicted octanol–water partition coefficient (Wildman–Crippen LogP) is 2.27. The van der Waals surface area contributed by atoms with Crippen LogP contribution in [0.4, 0.5) is 0 Å². The second-order valence-corrected chi connectivity index (χ2v) is 5.54. The van der Waals surface area contributed by atoms with Crippen molar-refractivity contribution in [2.45, 2.75) is 25.5 Å². The van der Waals surface area contributed by atoms with Crippen molar-refractivity contribution in [1.29, 1.82) is 0 Å². The molecular weight excluding hydrogens is 321 g/mol. The maximum absolute atomic E-state index is 4.57. The zero-order chi connectivity index (χ0) is 11.2. The van der Waals surface area contributed by atoms with E-state index in [-0.39, 0.29) is 28.7 Å². The highest BCUT2D eigenvalue weighted by molar-refractivity contribution is 14.0. The molecule has 0 aromatic carbocycles. The Bertz CT molecular complexity index is 193. The molecule has 0 saturated heterocycles. The van der Waals surface area contributed by atoms with Gasteiger partial charge >= 0.3 is 0 Å². The summed E-state index contributed by atoms with van der Waals surface area (Å²) in [6, 6.07) is 0. The Labute approximate surface area is 115 Å². The van der Waals surface area contributed by atoms with Gasteiger partial charge < -0.3 is 10.2 Å². The van der Waals surface area contributed by atoms with E-state index >= 15 is 0 Å². The van der Waals surface area contributed by atoms with Gasteiger partial charge in [-0.1, -0.05) is 0 Å². The van der Waals surface area contributed by atoms with E-state index in [1.807, 2.05) is 30.8 Å². The third-order valence-electron chi connectivity index (χ3n) is 1.92. The molecule has 0 radical (unpaired) electrons. The lowest BCUT2D eigenvalue weighted by molar-refractivity contribution is 0.577. The SMILES string of the molecule is CCNC(=NCC(C)(C)SC)N(C)C.I. The zero-order valence-electron chi connectivity index (χ0n) is 10.6. The van der Waals surface area contributed by atoms with Crippen molar-refractivity contribution in [3.8, 4) is 0 Å². The van der Waals surface area contributed by atoms with E-state index in [4.69, 9.17) is 0 Å². The predicted molar refractivity (Wildman–Crippen MR) is 82.7 cm³/mol. The molecule has 15 heavy (non-hydrogen) atoms. The molecule has 0 unspecified atom stereocenters. The van der Waals surface area contributed by atoms with Crippen molar-refractivity contribution in [2.75, 3.05) is 33.4 Å². The summed E-state index contributed by atoms with van der Waals surface area (Å²) in [4.78, 5) is 6.58. The van der Waals surface area contributed by atoms with Crippen LogP contribution in [0.25, 0.3) is 0 Å². The van der Waals surface area contributed by atoms with E-state index in [2.05, 4.69) is 37.3 Å². The highest BCUT2D eigenvalue weighted by atomic mass is 127. The first-order chi connectivity index (χ1) is 6.43. The van der Waals surface area contributed by atoms with E-state index in [0.717, 1.165) is 19.0 Å². The van der Waals surface area contributed by atoms with Gasteiger partial charge in [0.15, 0.2) is 5.96 Å². The van der Waals surface area contributed by atoms with Crippen molar-refractivity contribution in [1.82, 2.24) is 10.2 Å². The molecule has 92 valence electrons. The van der Waals surface area contributed by atoms with Crippen LogP contribution in [-0.4, -0.2) is 49.0 Å². The number of halogens is 1. The number of guanidine groups is 1. The molecule has 5 heteroatoms. The largest absolute Gasteiger partial charge is 0.357 e. The quantitative estimate of drug-likeness (QED) is 0.481. The first kappa shape index (κ1) is 17.7. The molecule has 0 fully saturated rings. The molecule has 0 aliphatic carbocycles. The van der Waals surface area contributed by atoms with E-state index in [9.17, 15) is 0 Å². The summed E-state index contributed by atoms with van der Waals surface area (Å²) in [5, 5.41) is 3.25. The standard InChI is InChI=1S/C10H23N3S.HI/c1-7-11-9(13(4)5)12-8-10(2,3)14-6;/h7-8H2,1-6H3,(H,11,12);1H. The molecule has 3 nitrogen and oxygen atoms in total. The third kappa shape index (κ3) is 8.19. The Kier molecular flexibility index (Phi) is 10.0. The smallest absolute Gasteiger partial charge is 0.193 e. The fourth-order valence-corrected chi connectivity index (χ4v) is 1.04. The number of aliphatic imine (C=N–C) groups is 1. The van der Waals surface area contributed by atoms with Gasteiger partial charge in [-0.2, -0.15) is 11.8 Å². The summed E-state index contributed by atoms with van der Waals surface area (Å²) in [6.07, 6.45) is 2.12. The van der Waals surface area contributed by atoms with Gasteiger partial charge in [0.2, 0.25) is 0 Å². The van der Waals surface area contributed by atoms with Gasteiger partial charge in [-0.05, 0) is 27.0 Å². The van der Waals surface area contributed by atoms with Crippen molar-refractivity contribution >= 4 is 41.7 Å². The minimum absolute atomic E-state index is 0. The normalized spacial score (nSPS) is 12.0. The van der Waals surface area contributed by atoms with E-state index in [0.29, 0.717) is 0 Å². The van der Waals surface area contributed by atoms with Crippen LogP contribution in [0.1, 0.15) is 20.8 Å². The number of hydrogen-bond donors (Lipinski definition) is 1. The Morgan fingerprint density at radius 3 is 2.27 bits per heavy atom. The van der Waals surface area contributed by atoms with Gasteiger partial charge in [-0.25, -0.2) is 0 Å². The first-order valence-corrected chi connectivity index (χ1v) is 6.16. The van der Waals surface area contributed by atoms with Crippen molar-refractivity contribution < 1.29 is 0 Å². The molecule has 0 aromatic rings. The van der Waals surface area contributed by atoms with Crippen LogP contribution in [0.5, 0.6) is 0 Å². The minimum Gasteiger partial charge on any atom is -0.357 e. The number of thioether (sulfide) groups is 1. The molecule has 1 N–H and O–H groups in total. The van der Waals surface area contributed by atoms with Crippen LogP contribution in [-0.2, 0) is 0 Å². The average molecular weight is 345 g/mol. The maximum Gasteiger partial charge on any atom is 0.193 e. The zero-order valence-corrected chi connectivity index (χ0v) is 13.8. The Morgan fingerprint density at radius 1 is 1.40 bits per heavy atom. The highest BCUT2D eigenvalue weighted by Crippen LogP contribution is 2.20. The van der Waals surface area contributed by atoms with Crippen LogP contribution in [0.15, 0.2) is 4.99 Å². The van der Waals surface area contributed by atoms with Gasteiger partial charge in [0.05, 0.1) is 6.54 Å².